The molecule has 3 rings (SSSR count). The van der Waals surface area contributed by atoms with Crippen molar-refractivity contribution in [1.82, 2.24) is 9.88 Å². The van der Waals surface area contributed by atoms with Gasteiger partial charge in [-0.25, -0.2) is 14.6 Å². The summed E-state index contributed by atoms with van der Waals surface area (Å²) in [6.45, 7) is 2.67. The summed E-state index contributed by atoms with van der Waals surface area (Å²) in [5.74, 6) is 0.133. The molecular weight excluding hydrogens is 406 g/mol. The molecule has 160 valence electrons. The third kappa shape index (κ3) is 6.35. The molecule has 0 aliphatic heterocycles. The van der Waals surface area contributed by atoms with Gasteiger partial charge in [0.25, 0.3) is 0 Å². The van der Waals surface area contributed by atoms with Crippen LogP contribution in [0.2, 0.25) is 0 Å². The average Bonchev–Trinajstić information content (AvgIpc) is 3.11. The van der Waals surface area contributed by atoms with Gasteiger partial charge < -0.3 is 19.5 Å². The first-order chi connectivity index (χ1) is 14.0. The van der Waals surface area contributed by atoms with Crippen molar-refractivity contribution in [3.63, 3.8) is 0 Å². The molecule has 8 nitrogen and oxygen atoms in total. The fourth-order valence-electron chi connectivity index (χ4n) is 2.53. The molecule has 0 atom stereocenters. The number of thiazole rings is 1. The maximum absolute atomic E-state index is 12.2. The van der Waals surface area contributed by atoms with Crippen LogP contribution in [0.1, 0.15) is 19.9 Å². The Hall–Kier alpha value is -3.33. The van der Waals surface area contributed by atoms with Crippen LogP contribution >= 0.6 is 11.3 Å². The maximum Gasteiger partial charge on any atom is 0.413 e. The summed E-state index contributed by atoms with van der Waals surface area (Å²) >= 11 is 1.23. The van der Waals surface area contributed by atoms with Gasteiger partial charge in [0, 0.05) is 6.54 Å². The van der Waals surface area contributed by atoms with Crippen LogP contribution in [-0.4, -0.2) is 46.9 Å². The average molecular weight is 432 g/mol. The number of fused-ring (bicyclic) bond motifs is 1. The molecule has 2 aromatic carbocycles. The molecule has 30 heavy (non-hydrogen) atoms. The number of phenolic OH excluding ortho intramolecular Hbond substituents is 1. The third-order valence-electron chi connectivity index (χ3n) is 4.02. The molecule has 0 unspecified atom stereocenters. The van der Waals surface area contributed by atoms with Gasteiger partial charge in [-0.1, -0.05) is 49.1 Å². The summed E-state index contributed by atoms with van der Waals surface area (Å²) in [6, 6.07) is 14.2. The van der Waals surface area contributed by atoms with Crippen molar-refractivity contribution < 1.29 is 24.2 Å². The van der Waals surface area contributed by atoms with Gasteiger partial charge in [0.1, 0.15) is 19.0 Å². The summed E-state index contributed by atoms with van der Waals surface area (Å²) in [5, 5.41) is 12.4. The van der Waals surface area contributed by atoms with E-state index < -0.39 is 12.2 Å². The molecule has 0 aliphatic rings. The zero-order valence-electron chi connectivity index (χ0n) is 15.8. The number of hydrogen-bond acceptors (Lipinski definition) is 7. The summed E-state index contributed by atoms with van der Waals surface area (Å²) in [7, 11) is 0. The second-order valence-electron chi connectivity index (χ2n) is 6.05. The van der Waals surface area contributed by atoms with Crippen molar-refractivity contribution >= 4 is 38.9 Å². The summed E-state index contributed by atoms with van der Waals surface area (Å²) in [4.78, 5) is 29.8. The number of benzene rings is 2. The highest BCUT2D eigenvalue weighted by molar-refractivity contribution is 7.22. The van der Waals surface area contributed by atoms with Crippen molar-refractivity contribution in [2.75, 3.05) is 25.0 Å². The molecule has 3 aromatic rings. The van der Waals surface area contributed by atoms with Crippen LogP contribution in [0, 0.1) is 0 Å². The number of nitrogens with one attached hydrogen (secondary N) is 1. The topological polar surface area (TPSA) is 101 Å². The van der Waals surface area contributed by atoms with E-state index in [1.54, 1.807) is 12.1 Å². The van der Waals surface area contributed by atoms with Crippen molar-refractivity contribution in [2.24, 2.45) is 0 Å². The van der Waals surface area contributed by atoms with Crippen LogP contribution in [0.5, 0.6) is 5.75 Å². The smallest absolute Gasteiger partial charge is 0.413 e. The predicted octanol–water partition coefficient (Wildman–Crippen LogP) is 4.85. The van der Waals surface area contributed by atoms with Gasteiger partial charge in [-0.2, -0.15) is 0 Å². The van der Waals surface area contributed by atoms with Crippen LogP contribution in [0.3, 0.4) is 0 Å². The number of amides is 2. The van der Waals surface area contributed by atoms with E-state index in [1.165, 1.54) is 22.3 Å². The number of rotatable bonds is 7. The Labute approximate surface area is 179 Å². The number of aromatic hydroxyl groups is 1. The minimum Gasteiger partial charge on any atom is -0.508 e. The van der Waals surface area contributed by atoms with E-state index >= 15 is 0 Å². The number of hydrogen-bond donors (Lipinski definition) is 2. The fraction of sp³-hybridized carbons (Fsp3) is 0.286. The first-order valence-electron chi connectivity index (χ1n) is 9.04. The van der Waals surface area contributed by atoms with Crippen molar-refractivity contribution in [3.8, 4) is 5.75 Å². The van der Waals surface area contributed by atoms with Gasteiger partial charge >= 0.3 is 12.2 Å². The largest absolute Gasteiger partial charge is 0.508 e. The lowest BCUT2D eigenvalue weighted by molar-refractivity contribution is 0.0863. The van der Waals surface area contributed by atoms with Crippen LogP contribution in [0.15, 0.2) is 48.5 Å². The lowest BCUT2D eigenvalue weighted by Crippen LogP contribution is -2.35. The third-order valence-corrected chi connectivity index (χ3v) is 4.95. The number of ether oxygens (including phenoxy) is 2. The number of carbonyl (C=O) groups is 2. The van der Waals surface area contributed by atoms with E-state index in [1.807, 2.05) is 37.3 Å². The Morgan fingerprint density at radius 2 is 1.93 bits per heavy atom. The zero-order valence-corrected chi connectivity index (χ0v) is 16.6. The van der Waals surface area contributed by atoms with Gasteiger partial charge in [-0.05, 0) is 30.7 Å². The summed E-state index contributed by atoms with van der Waals surface area (Å²) in [5.41, 5.74) is 1.57. The SMILES string of the molecule is C.CCN(CCOC(=O)Nc1nc2ccc(O)cc2s1)C(=O)OCc1ccccc1. The first kappa shape index (κ1) is 23.0. The summed E-state index contributed by atoms with van der Waals surface area (Å²) < 4.78 is 11.2. The highest BCUT2D eigenvalue weighted by Crippen LogP contribution is 2.28. The molecule has 2 amide bonds. The second-order valence-corrected chi connectivity index (χ2v) is 7.08. The Morgan fingerprint density at radius 3 is 2.67 bits per heavy atom. The van der Waals surface area contributed by atoms with E-state index in [0.29, 0.717) is 17.2 Å². The highest BCUT2D eigenvalue weighted by Gasteiger charge is 2.15. The Bertz CT molecular complexity index is 977. The molecule has 0 radical (unpaired) electrons. The molecule has 0 aliphatic carbocycles. The molecule has 9 heteroatoms. The Morgan fingerprint density at radius 1 is 1.17 bits per heavy atom. The van der Waals surface area contributed by atoms with Gasteiger partial charge in [-0.15, -0.1) is 0 Å². The molecule has 0 bridgehead atoms. The molecular formula is C21H25N3O5S. The number of nitrogens with zero attached hydrogens (tertiary/aromatic N) is 2. The minimum absolute atomic E-state index is 0. The fourth-order valence-corrected chi connectivity index (χ4v) is 3.41. The quantitative estimate of drug-likeness (QED) is 0.555. The first-order valence-corrected chi connectivity index (χ1v) is 9.85. The normalized spacial score (nSPS) is 10.2. The Balaban J connectivity index is 0.00000320. The highest BCUT2D eigenvalue weighted by atomic mass is 32.1. The van der Waals surface area contributed by atoms with Crippen LogP contribution in [0.25, 0.3) is 10.2 Å². The predicted molar refractivity (Wildman–Crippen MR) is 117 cm³/mol. The van der Waals surface area contributed by atoms with E-state index in [2.05, 4.69) is 10.3 Å². The van der Waals surface area contributed by atoms with Crippen molar-refractivity contribution in [1.29, 1.82) is 0 Å². The Kier molecular flexibility index (Phi) is 8.42. The van der Waals surface area contributed by atoms with Gasteiger partial charge in [0.15, 0.2) is 5.13 Å². The van der Waals surface area contributed by atoms with E-state index in [-0.39, 0.29) is 32.9 Å². The molecule has 1 aromatic heterocycles. The zero-order chi connectivity index (χ0) is 20.6. The van der Waals surface area contributed by atoms with E-state index in [9.17, 15) is 14.7 Å². The molecule has 0 spiro atoms. The van der Waals surface area contributed by atoms with Crippen LogP contribution < -0.4 is 5.32 Å². The monoisotopic (exact) mass is 431 g/mol. The lowest BCUT2D eigenvalue weighted by Gasteiger charge is -2.20. The van der Waals surface area contributed by atoms with Crippen LogP contribution in [-0.2, 0) is 16.1 Å². The number of anilines is 1. The van der Waals surface area contributed by atoms with E-state index in [4.69, 9.17) is 9.47 Å². The minimum atomic E-state index is -0.665. The molecule has 0 saturated heterocycles. The maximum atomic E-state index is 12.2. The number of phenols is 1. The van der Waals surface area contributed by atoms with Gasteiger partial charge in [0.2, 0.25) is 0 Å². The molecule has 0 saturated carbocycles. The van der Waals surface area contributed by atoms with Crippen molar-refractivity contribution in [2.45, 2.75) is 21.0 Å². The molecule has 2 N–H and O–H groups in total. The molecule has 0 fully saturated rings. The molecule has 1 heterocycles. The second kappa shape index (κ2) is 11.0. The standard InChI is InChI=1S/C20H21N3O5S.CH4/c1-2-23(20(26)28-13-14-6-4-3-5-7-14)10-11-27-19(25)22-18-21-16-9-8-15(24)12-17(16)29-18;/h3-9,12,24H,2,10-11,13H2,1H3,(H,21,22,25);1H4. The van der Waals surface area contributed by atoms with Gasteiger partial charge in [-0.3, -0.25) is 5.32 Å². The number of likely N-dealkylation sites (N-methyl/N-ethyl adjacent to an activating group) is 1. The lowest BCUT2D eigenvalue weighted by atomic mass is 10.2. The van der Waals surface area contributed by atoms with Crippen LogP contribution in [0.4, 0.5) is 14.7 Å². The van der Waals surface area contributed by atoms with Gasteiger partial charge in [0.05, 0.1) is 16.8 Å². The number of aromatic nitrogens is 1. The number of carbonyl (C=O) groups excluding carboxylic acids is 2. The van der Waals surface area contributed by atoms with E-state index in [0.717, 1.165) is 10.3 Å². The summed E-state index contributed by atoms with van der Waals surface area (Å²) in [6.07, 6.45) is -1.13. The van der Waals surface area contributed by atoms with Crippen molar-refractivity contribution in [3.05, 3.63) is 54.1 Å².